The first-order valence-electron chi connectivity index (χ1n) is 7.21. The maximum atomic E-state index is 12.2. The number of nitrogens with one attached hydrogen (secondary N) is 1. The zero-order chi connectivity index (χ0) is 12.8. The van der Waals surface area contributed by atoms with Gasteiger partial charge in [-0.05, 0) is 25.7 Å². The fourth-order valence-corrected chi connectivity index (χ4v) is 4.69. The summed E-state index contributed by atoms with van der Waals surface area (Å²) in [5.74, 6) is 0.301. The number of ether oxygens (including phenoxy) is 1. The fraction of sp³-hybridized carbons (Fsp3) is 1.00. The molecule has 2 rings (SSSR count). The Morgan fingerprint density at radius 1 is 1.00 bits per heavy atom. The summed E-state index contributed by atoms with van der Waals surface area (Å²) in [5, 5.41) is 3.29. The molecule has 1 aliphatic heterocycles. The van der Waals surface area contributed by atoms with E-state index < -0.39 is 9.84 Å². The van der Waals surface area contributed by atoms with Gasteiger partial charge >= 0.3 is 0 Å². The lowest BCUT2D eigenvalue weighted by atomic mass is 10.0. The molecule has 1 saturated carbocycles. The van der Waals surface area contributed by atoms with Gasteiger partial charge in [0.25, 0.3) is 0 Å². The second-order valence-corrected chi connectivity index (χ2v) is 7.87. The van der Waals surface area contributed by atoms with E-state index in [0.29, 0.717) is 18.3 Å². The van der Waals surface area contributed by atoms with Crippen LogP contribution in [0.1, 0.15) is 44.9 Å². The van der Waals surface area contributed by atoms with E-state index in [0.717, 1.165) is 51.7 Å². The van der Waals surface area contributed by atoms with Gasteiger partial charge in [-0.15, -0.1) is 0 Å². The van der Waals surface area contributed by atoms with E-state index in [-0.39, 0.29) is 5.25 Å². The molecule has 2 fully saturated rings. The normalized spacial score (nSPS) is 24.2. The Kier molecular flexibility index (Phi) is 5.45. The highest BCUT2D eigenvalue weighted by atomic mass is 32.2. The predicted molar refractivity (Wildman–Crippen MR) is 72.5 cm³/mol. The first-order chi connectivity index (χ1) is 8.68. The molecule has 0 aromatic heterocycles. The molecule has 1 N–H and O–H groups in total. The lowest BCUT2D eigenvalue weighted by Crippen LogP contribution is -2.39. The van der Waals surface area contributed by atoms with Crippen LogP contribution in [0, 0.1) is 0 Å². The topological polar surface area (TPSA) is 55.4 Å². The van der Waals surface area contributed by atoms with Crippen molar-refractivity contribution in [1.29, 1.82) is 0 Å². The van der Waals surface area contributed by atoms with Crippen molar-refractivity contribution in [3.8, 4) is 0 Å². The largest absolute Gasteiger partial charge is 0.381 e. The molecule has 5 heteroatoms. The molecule has 0 amide bonds. The third-order valence-electron chi connectivity index (χ3n) is 4.10. The van der Waals surface area contributed by atoms with Crippen LogP contribution in [0.25, 0.3) is 0 Å². The van der Waals surface area contributed by atoms with Gasteiger partial charge in [-0.3, -0.25) is 0 Å². The quantitative estimate of drug-likeness (QED) is 0.826. The van der Waals surface area contributed by atoms with E-state index in [9.17, 15) is 8.42 Å². The van der Waals surface area contributed by atoms with E-state index in [4.69, 9.17) is 4.74 Å². The molecule has 0 bridgehead atoms. The molecule has 1 aliphatic carbocycles. The lowest BCUT2D eigenvalue weighted by molar-refractivity contribution is 0.0785. The van der Waals surface area contributed by atoms with Crippen LogP contribution in [0.5, 0.6) is 0 Å². The summed E-state index contributed by atoms with van der Waals surface area (Å²) in [7, 11) is -2.88. The Bertz CT molecular complexity index is 330. The van der Waals surface area contributed by atoms with Crippen LogP contribution in [-0.2, 0) is 14.6 Å². The average molecular weight is 275 g/mol. The maximum absolute atomic E-state index is 12.2. The molecular weight excluding hydrogens is 250 g/mol. The smallest absolute Gasteiger partial charge is 0.154 e. The first-order valence-corrected chi connectivity index (χ1v) is 8.93. The van der Waals surface area contributed by atoms with Crippen molar-refractivity contribution in [1.82, 2.24) is 5.32 Å². The van der Waals surface area contributed by atoms with Crippen LogP contribution in [0.4, 0.5) is 0 Å². The highest BCUT2D eigenvalue weighted by Gasteiger charge is 2.26. The van der Waals surface area contributed by atoms with Crippen LogP contribution in [0.2, 0.25) is 0 Å². The number of hydrogen-bond donors (Lipinski definition) is 1. The molecule has 2 aliphatic rings. The Morgan fingerprint density at radius 2 is 1.67 bits per heavy atom. The van der Waals surface area contributed by atoms with E-state index >= 15 is 0 Å². The number of hydrogen-bond acceptors (Lipinski definition) is 4. The summed E-state index contributed by atoms with van der Waals surface area (Å²) in [6, 6.07) is 0.445. The van der Waals surface area contributed by atoms with Crippen molar-refractivity contribution in [3.05, 3.63) is 0 Å². The van der Waals surface area contributed by atoms with Gasteiger partial charge < -0.3 is 10.1 Å². The SMILES string of the molecule is O=S(=O)(CCNC1CCOCC1)C1CCCCC1. The Balaban J connectivity index is 1.70. The fourth-order valence-electron chi connectivity index (χ4n) is 2.90. The van der Waals surface area contributed by atoms with E-state index in [2.05, 4.69) is 5.32 Å². The second-order valence-electron chi connectivity index (χ2n) is 5.47. The molecular formula is C13H25NO3S. The standard InChI is InChI=1S/C13H25NO3S/c15-18(16,13-4-2-1-3-5-13)11-8-14-12-6-9-17-10-7-12/h12-14H,1-11H2. The summed E-state index contributed by atoms with van der Waals surface area (Å²) in [5.41, 5.74) is 0. The molecule has 1 heterocycles. The molecule has 0 atom stereocenters. The van der Waals surface area contributed by atoms with Gasteiger partial charge in [0.2, 0.25) is 0 Å². The van der Waals surface area contributed by atoms with Crippen LogP contribution in [-0.4, -0.2) is 45.2 Å². The van der Waals surface area contributed by atoms with E-state index in [1.54, 1.807) is 0 Å². The van der Waals surface area contributed by atoms with Gasteiger partial charge in [-0.2, -0.15) is 0 Å². The average Bonchev–Trinajstić information content (AvgIpc) is 2.41. The minimum Gasteiger partial charge on any atom is -0.381 e. The second kappa shape index (κ2) is 6.87. The van der Waals surface area contributed by atoms with Crippen LogP contribution < -0.4 is 5.32 Å². The van der Waals surface area contributed by atoms with Gasteiger partial charge in [0.15, 0.2) is 9.84 Å². The van der Waals surface area contributed by atoms with Gasteiger partial charge in [-0.25, -0.2) is 8.42 Å². The highest BCUT2D eigenvalue weighted by Crippen LogP contribution is 2.24. The molecule has 0 aromatic rings. The van der Waals surface area contributed by atoms with Crippen molar-refractivity contribution < 1.29 is 13.2 Å². The zero-order valence-electron chi connectivity index (χ0n) is 11.1. The molecule has 18 heavy (non-hydrogen) atoms. The van der Waals surface area contributed by atoms with E-state index in [1.807, 2.05) is 0 Å². The Hall–Kier alpha value is -0.130. The molecule has 0 spiro atoms. The molecule has 106 valence electrons. The number of sulfone groups is 1. The van der Waals surface area contributed by atoms with Crippen molar-refractivity contribution in [2.45, 2.75) is 56.2 Å². The zero-order valence-corrected chi connectivity index (χ0v) is 11.9. The van der Waals surface area contributed by atoms with Crippen LogP contribution >= 0.6 is 0 Å². The molecule has 1 saturated heterocycles. The third kappa shape index (κ3) is 4.21. The Morgan fingerprint density at radius 3 is 2.33 bits per heavy atom. The number of rotatable bonds is 5. The van der Waals surface area contributed by atoms with E-state index in [1.165, 1.54) is 6.42 Å². The predicted octanol–water partition coefficient (Wildman–Crippen LogP) is 1.50. The molecule has 0 unspecified atom stereocenters. The molecule has 0 aromatic carbocycles. The summed E-state index contributed by atoms with van der Waals surface area (Å²) < 4.78 is 29.6. The Labute approximate surface area is 110 Å². The summed E-state index contributed by atoms with van der Waals surface area (Å²) in [6.07, 6.45) is 7.12. The molecule has 4 nitrogen and oxygen atoms in total. The maximum Gasteiger partial charge on any atom is 0.154 e. The highest BCUT2D eigenvalue weighted by molar-refractivity contribution is 7.92. The third-order valence-corrected chi connectivity index (χ3v) is 6.36. The summed E-state index contributed by atoms with van der Waals surface area (Å²) in [6.45, 7) is 2.20. The van der Waals surface area contributed by atoms with Crippen LogP contribution in [0.15, 0.2) is 0 Å². The van der Waals surface area contributed by atoms with Gasteiger partial charge in [0, 0.05) is 25.8 Å². The summed E-state index contributed by atoms with van der Waals surface area (Å²) >= 11 is 0. The van der Waals surface area contributed by atoms with Gasteiger partial charge in [-0.1, -0.05) is 19.3 Å². The minimum atomic E-state index is -2.88. The van der Waals surface area contributed by atoms with Gasteiger partial charge in [0.1, 0.15) is 0 Å². The van der Waals surface area contributed by atoms with Crippen LogP contribution in [0.3, 0.4) is 0 Å². The minimum absolute atomic E-state index is 0.0669. The lowest BCUT2D eigenvalue weighted by Gasteiger charge is -2.25. The summed E-state index contributed by atoms with van der Waals surface area (Å²) in [4.78, 5) is 0. The van der Waals surface area contributed by atoms with Gasteiger partial charge in [0.05, 0.1) is 11.0 Å². The van der Waals surface area contributed by atoms with Crippen molar-refractivity contribution >= 4 is 9.84 Å². The monoisotopic (exact) mass is 275 g/mol. The van der Waals surface area contributed by atoms with Crippen molar-refractivity contribution in [2.24, 2.45) is 0 Å². The van der Waals surface area contributed by atoms with Crippen molar-refractivity contribution in [2.75, 3.05) is 25.5 Å². The molecule has 0 radical (unpaired) electrons. The first kappa shape index (κ1) is 14.3. The van der Waals surface area contributed by atoms with Crippen molar-refractivity contribution in [3.63, 3.8) is 0 Å².